The average molecular weight is 426 g/mol. The van der Waals surface area contributed by atoms with E-state index in [2.05, 4.69) is 36.6 Å². The zero-order chi connectivity index (χ0) is 14.8. The molecule has 0 aromatic heterocycles. The van der Waals surface area contributed by atoms with Gasteiger partial charge in [-0.05, 0) is 59.4 Å². The Kier molecular flexibility index (Phi) is 5.64. The van der Waals surface area contributed by atoms with Crippen molar-refractivity contribution in [1.29, 1.82) is 0 Å². The molecule has 0 radical (unpaired) electrons. The van der Waals surface area contributed by atoms with E-state index in [9.17, 15) is 8.42 Å². The van der Waals surface area contributed by atoms with Crippen molar-refractivity contribution >= 4 is 41.9 Å². The zero-order valence-corrected chi connectivity index (χ0v) is 15.0. The Morgan fingerprint density at radius 2 is 1.95 bits per heavy atom. The fourth-order valence-corrected chi connectivity index (χ4v) is 5.43. The van der Waals surface area contributed by atoms with Crippen LogP contribution in [-0.4, -0.2) is 21.0 Å². The van der Waals surface area contributed by atoms with Crippen molar-refractivity contribution in [2.45, 2.75) is 36.6 Å². The van der Waals surface area contributed by atoms with E-state index < -0.39 is 10.0 Å². The van der Waals surface area contributed by atoms with Gasteiger partial charge < -0.3 is 5.73 Å². The van der Waals surface area contributed by atoms with Crippen LogP contribution in [0.1, 0.15) is 25.7 Å². The minimum atomic E-state index is -3.54. The lowest BCUT2D eigenvalue weighted by molar-refractivity contribution is 0.296. The smallest absolute Gasteiger partial charge is 0.241 e. The lowest BCUT2D eigenvalue weighted by atomic mass is 9.85. The maximum Gasteiger partial charge on any atom is 0.241 e. The molecule has 1 fully saturated rings. The predicted octanol–water partition coefficient (Wildman–Crippen LogP) is 3.01. The van der Waals surface area contributed by atoms with Crippen molar-refractivity contribution < 1.29 is 8.42 Å². The fourth-order valence-electron chi connectivity index (χ4n) is 2.59. The SMILES string of the molecule is NCC1CCCCC1NS(=O)(=O)c1cc(Br)ccc1Br. The molecule has 0 heterocycles. The van der Waals surface area contributed by atoms with Crippen LogP contribution in [0.3, 0.4) is 0 Å². The Hall–Kier alpha value is 0.0500. The summed E-state index contributed by atoms with van der Waals surface area (Å²) < 4.78 is 29.2. The molecule has 2 unspecified atom stereocenters. The summed E-state index contributed by atoms with van der Waals surface area (Å²) in [6, 6.07) is 5.06. The molecule has 20 heavy (non-hydrogen) atoms. The van der Waals surface area contributed by atoms with E-state index in [1.807, 2.05) is 0 Å². The van der Waals surface area contributed by atoms with Crippen molar-refractivity contribution in [2.75, 3.05) is 6.54 Å². The Balaban J connectivity index is 2.24. The lowest BCUT2D eigenvalue weighted by Gasteiger charge is -2.31. The Morgan fingerprint density at radius 3 is 2.65 bits per heavy atom. The molecule has 3 N–H and O–H groups in total. The van der Waals surface area contributed by atoms with Gasteiger partial charge in [-0.3, -0.25) is 0 Å². The molecule has 1 aromatic carbocycles. The summed E-state index contributed by atoms with van der Waals surface area (Å²) in [4.78, 5) is 0.258. The van der Waals surface area contributed by atoms with Gasteiger partial charge in [-0.15, -0.1) is 0 Å². The third-order valence-electron chi connectivity index (χ3n) is 3.70. The number of benzene rings is 1. The molecule has 0 amide bonds. The van der Waals surface area contributed by atoms with Gasteiger partial charge in [-0.2, -0.15) is 0 Å². The first kappa shape index (κ1) is 16.4. The topological polar surface area (TPSA) is 72.2 Å². The molecule has 1 saturated carbocycles. The standard InChI is InChI=1S/C13H18Br2N2O2S/c14-10-5-6-11(15)13(7-10)20(18,19)17-12-4-2-1-3-9(12)8-16/h5-7,9,12,17H,1-4,8,16H2. The summed E-state index contributed by atoms with van der Waals surface area (Å²) in [5.74, 6) is 0.226. The Morgan fingerprint density at radius 1 is 1.25 bits per heavy atom. The van der Waals surface area contributed by atoms with Crippen LogP contribution in [0, 0.1) is 5.92 Å². The van der Waals surface area contributed by atoms with E-state index in [1.165, 1.54) is 0 Å². The average Bonchev–Trinajstić information content (AvgIpc) is 2.41. The van der Waals surface area contributed by atoms with Gasteiger partial charge >= 0.3 is 0 Å². The molecular weight excluding hydrogens is 408 g/mol. The van der Waals surface area contributed by atoms with E-state index in [-0.39, 0.29) is 16.9 Å². The number of rotatable bonds is 4. The van der Waals surface area contributed by atoms with Crippen LogP contribution in [-0.2, 0) is 10.0 Å². The molecule has 1 aliphatic rings. The van der Waals surface area contributed by atoms with Crippen molar-refractivity contribution in [1.82, 2.24) is 4.72 Å². The minimum Gasteiger partial charge on any atom is -0.330 e. The molecular formula is C13H18Br2N2O2S. The van der Waals surface area contributed by atoms with Gasteiger partial charge in [-0.1, -0.05) is 28.8 Å². The van der Waals surface area contributed by atoms with Gasteiger partial charge in [0, 0.05) is 15.0 Å². The van der Waals surface area contributed by atoms with Crippen LogP contribution in [0.5, 0.6) is 0 Å². The summed E-state index contributed by atoms with van der Waals surface area (Å²) >= 11 is 6.61. The van der Waals surface area contributed by atoms with Crippen molar-refractivity contribution in [3.8, 4) is 0 Å². The highest BCUT2D eigenvalue weighted by Gasteiger charge is 2.29. The highest BCUT2D eigenvalue weighted by Crippen LogP contribution is 2.29. The number of hydrogen-bond donors (Lipinski definition) is 2. The van der Waals surface area contributed by atoms with Gasteiger partial charge in [0.15, 0.2) is 0 Å². The second kappa shape index (κ2) is 6.87. The second-order valence-electron chi connectivity index (χ2n) is 5.08. The first-order chi connectivity index (χ1) is 9.44. The van der Waals surface area contributed by atoms with E-state index in [0.29, 0.717) is 11.0 Å². The van der Waals surface area contributed by atoms with E-state index in [0.717, 1.165) is 30.2 Å². The Labute approximate surface area is 136 Å². The molecule has 4 nitrogen and oxygen atoms in total. The first-order valence-electron chi connectivity index (χ1n) is 6.61. The third kappa shape index (κ3) is 3.82. The van der Waals surface area contributed by atoms with Crippen LogP contribution >= 0.6 is 31.9 Å². The van der Waals surface area contributed by atoms with E-state index >= 15 is 0 Å². The van der Waals surface area contributed by atoms with Crippen molar-refractivity contribution in [3.63, 3.8) is 0 Å². The molecule has 0 spiro atoms. The molecule has 7 heteroatoms. The van der Waals surface area contributed by atoms with Gasteiger partial charge in [-0.25, -0.2) is 13.1 Å². The molecule has 2 atom stereocenters. The van der Waals surface area contributed by atoms with E-state index in [4.69, 9.17) is 5.73 Å². The molecule has 112 valence electrons. The van der Waals surface area contributed by atoms with E-state index in [1.54, 1.807) is 18.2 Å². The monoisotopic (exact) mass is 424 g/mol. The molecule has 1 aromatic rings. The summed E-state index contributed by atoms with van der Waals surface area (Å²) in [7, 11) is -3.54. The van der Waals surface area contributed by atoms with Gasteiger partial charge in [0.2, 0.25) is 10.0 Å². The third-order valence-corrected chi connectivity index (χ3v) is 6.68. The van der Waals surface area contributed by atoms with Crippen LogP contribution in [0.15, 0.2) is 32.0 Å². The lowest BCUT2D eigenvalue weighted by Crippen LogP contribution is -2.44. The second-order valence-corrected chi connectivity index (χ2v) is 8.54. The van der Waals surface area contributed by atoms with Crippen LogP contribution in [0.4, 0.5) is 0 Å². The van der Waals surface area contributed by atoms with Crippen molar-refractivity contribution in [3.05, 3.63) is 27.1 Å². The van der Waals surface area contributed by atoms with Gasteiger partial charge in [0.05, 0.1) is 4.90 Å². The van der Waals surface area contributed by atoms with Crippen molar-refractivity contribution in [2.24, 2.45) is 11.7 Å². The molecule has 2 rings (SSSR count). The van der Waals surface area contributed by atoms with Crippen LogP contribution in [0.25, 0.3) is 0 Å². The maximum atomic E-state index is 12.5. The largest absolute Gasteiger partial charge is 0.330 e. The minimum absolute atomic E-state index is 0.0652. The molecule has 0 bridgehead atoms. The highest BCUT2D eigenvalue weighted by molar-refractivity contribution is 9.11. The number of nitrogens with one attached hydrogen (secondary N) is 1. The highest BCUT2D eigenvalue weighted by atomic mass is 79.9. The number of hydrogen-bond acceptors (Lipinski definition) is 3. The fraction of sp³-hybridized carbons (Fsp3) is 0.538. The molecule has 1 aliphatic carbocycles. The first-order valence-corrected chi connectivity index (χ1v) is 9.68. The molecule has 0 aliphatic heterocycles. The summed E-state index contributed by atoms with van der Waals surface area (Å²) in [5, 5.41) is 0. The normalized spacial score (nSPS) is 23.8. The predicted molar refractivity (Wildman–Crippen MR) is 87.0 cm³/mol. The van der Waals surface area contributed by atoms with Gasteiger partial charge in [0.25, 0.3) is 0 Å². The quantitative estimate of drug-likeness (QED) is 0.778. The number of halogens is 2. The van der Waals surface area contributed by atoms with Crippen LogP contribution < -0.4 is 10.5 Å². The van der Waals surface area contributed by atoms with Gasteiger partial charge in [0.1, 0.15) is 0 Å². The summed E-state index contributed by atoms with van der Waals surface area (Å²) in [6.45, 7) is 0.521. The summed E-state index contributed by atoms with van der Waals surface area (Å²) in [6.07, 6.45) is 4.01. The maximum absolute atomic E-state index is 12.5. The summed E-state index contributed by atoms with van der Waals surface area (Å²) in [5.41, 5.74) is 5.75. The zero-order valence-electron chi connectivity index (χ0n) is 11.0. The molecule has 0 saturated heterocycles. The van der Waals surface area contributed by atoms with Crippen LogP contribution in [0.2, 0.25) is 0 Å². The number of nitrogens with two attached hydrogens (primary N) is 1. The number of sulfonamides is 1. The Bertz CT molecular complexity index is 578.